The topological polar surface area (TPSA) is 69.4 Å². The quantitative estimate of drug-likeness (QED) is 0.284. The van der Waals surface area contributed by atoms with E-state index in [2.05, 4.69) is 10.6 Å². The third-order valence-electron chi connectivity index (χ3n) is 8.68. The number of imidazole rings is 1. The smallest absolute Gasteiger partial charge is 0.253 e. The summed E-state index contributed by atoms with van der Waals surface area (Å²) in [5.41, 5.74) is 4.57. The molecule has 1 atom stereocenters. The van der Waals surface area contributed by atoms with Crippen LogP contribution in [0.5, 0.6) is 0 Å². The molecule has 1 aliphatic heterocycles. The van der Waals surface area contributed by atoms with Gasteiger partial charge in [0.15, 0.2) is 11.6 Å². The highest BCUT2D eigenvalue weighted by atomic mass is 19.2. The number of aromatic nitrogens is 3. The predicted molar refractivity (Wildman–Crippen MR) is 154 cm³/mol. The van der Waals surface area contributed by atoms with Gasteiger partial charge in [-0.15, -0.1) is 0 Å². The van der Waals surface area contributed by atoms with Gasteiger partial charge in [0, 0.05) is 50.1 Å². The van der Waals surface area contributed by atoms with E-state index in [9.17, 15) is 18.4 Å². The zero-order valence-corrected chi connectivity index (χ0v) is 23.6. The number of carbonyl (C=O) groups excluding carboxylic acids is 1. The summed E-state index contributed by atoms with van der Waals surface area (Å²) in [7, 11) is 3.49. The van der Waals surface area contributed by atoms with Crippen LogP contribution in [0.4, 0.5) is 14.5 Å². The summed E-state index contributed by atoms with van der Waals surface area (Å²) >= 11 is 0. The van der Waals surface area contributed by atoms with Crippen LogP contribution in [0.3, 0.4) is 0 Å². The van der Waals surface area contributed by atoms with Gasteiger partial charge in [0.05, 0.1) is 23.2 Å². The highest BCUT2D eigenvalue weighted by Gasteiger charge is 2.36. The number of hydrogen-bond donors (Lipinski definition) is 0. The first kappa shape index (κ1) is 27.3. The predicted octanol–water partition coefficient (Wildman–Crippen LogP) is 6.38. The van der Waals surface area contributed by atoms with Crippen LogP contribution in [0.2, 0.25) is 0 Å². The molecular weight excluding hydrogens is 526 g/mol. The number of rotatable bonds is 5. The minimum atomic E-state index is -0.983. The number of methoxy groups -OCH3 is 1. The second-order valence-corrected chi connectivity index (χ2v) is 11.3. The number of piperidine rings is 1. The molecule has 1 saturated carbocycles. The maximum Gasteiger partial charge on any atom is 0.253 e. The molecule has 41 heavy (non-hydrogen) atoms. The van der Waals surface area contributed by atoms with Crippen LogP contribution in [0, 0.1) is 18.6 Å². The number of amides is 1. The van der Waals surface area contributed by atoms with E-state index < -0.39 is 17.7 Å². The lowest BCUT2D eigenvalue weighted by atomic mass is 9.91. The van der Waals surface area contributed by atoms with Crippen molar-refractivity contribution >= 4 is 22.6 Å². The maximum absolute atomic E-state index is 14.3. The Hall–Kier alpha value is -3.85. The lowest BCUT2D eigenvalue weighted by Gasteiger charge is -2.37. The van der Waals surface area contributed by atoms with Gasteiger partial charge < -0.3 is 18.8 Å². The summed E-state index contributed by atoms with van der Waals surface area (Å²) in [4.78, 5) is 32.4. The Labute approximate surface area is 237 Å². The van der Waals surface area contributed by atoms with Crippen molar-refractivity contribution in [1.29, 1.82) is 0 Å². The molecule has 2 aromatic carbocycles. The van der Waals surface area contributed by atoms with E-state index in [1.807, 2.05) is 24.4 Å². The summed E-state index contributed by atoms with van der Waals surface area (Å²) in [6, 6.07) is 11.4. The molecule has 6 rings (SSSR count). The molecule has 1 aliphatic carbocycles. The molecule has 2 aromatic heterocycles. The van der Waals surface area contributed by atoms with Gasteiger partial charge in [-0.2, -0.15) is 0 Å². The van der Waals surface area contributed by atoms with Crippen LogP contribution in [0.1, 0.15) is 68.4 Å². The van der Waals surface area contributed by atoms with Crippen molar-refractivity contribution in [2.45, 2.75) is 70.1 Å². The van der Waals surface area contributed by atoms with Crippen molar-refractivity contribution in [3.05, 3.63) is 82.0 Å². The van der Waals surface area contributed by atoms with E-state index in [0.29, 0.717) is 30.5 Å². The molecule has 3 heterocycles. The first-order valence-corrected chi connectivity index (χ1v) is 14.2. The van der Waals surface area contributed by atoms with Crippen LogP contribution in [-0.2, 0) is 16.6 Å². The van der Waals surface area contributed by atoms with Crippen LogP contribution in [0.25, 0.3) is 22.2 Å². The number of nitrogens with zero attached hydrogens (tertiary/aromatic N) is 4. The van der Waals surface area contributed by atoms with Crippen molar-refractivity contribution < 1.29 is 18.3 Å². The van der Waals surface area contributed by atoms with Crippen molar-refractivity contribution in [2.75, 3.05) is 12.0 Å². The fourth-order valence-corrected chi connectivity index (χ4v) is 6.56. The molecule has 1 saturated heterocycles. The summed E-state index contributed by atoms with van der Waals surface area (Å²) in [6.07, 6.45) is 7.39. The summed E-state index contributed by atoms with van der Waals surface area (Å²) in [6.45, 7) is 1.81. The Morgan fingerprint density at radius 1 is 0.927 bits per heavy atom. The average Bonchev–Trinajstić information content (AvgIpc) is 3.35. The molecule has 0 spiro atoms. The zero-order chi connectivity index (χ0) is 28.8. The maximum atomic E-state index is 14.3. The lowest BCUT2D eigenvalue weighted by molar-refractivity contribution is -0.120. The van der Waals surface area contributed by atoms with Crippen LogP contribution in [0.15, 0.2) is 53.5 Å². The molecule has 9 heteroatoms. The molecular formula is C32H34F2N4O3. The number of fused-ring (bicyclic) bond motifs is 1. The fraction of sp³-hybridized carbons (Fsp3) is 0.406. The Bertz CT molecular complexity index is 1660. The van der Waals surface area contributed by atoms with Gasteiger partial charge >= 0.3 is 0 Å². The minimum absolute atomic E-state index is 0.0349. The second-order valence-electron chi connectivity index (χ2n) is 11.3. The summed E-state index contributed by atoms with van der Waals surface area (Å²) in [5.74, 6) is -1.30. The van der Waals surface area contributed by atoms with E-state index in [-0.39, 0.29) is 23.6 Å². The van der Waals surface area contributed by atoms with Gasteiger partial charge in [0.2, 0.25) is 5.91 Å². The number of ether oxygens (including phenoxy) is 1. The highest BCUT2D eigenvalue weighted by Crippen LogP contribution is 2.41. The van der Waals surface area contributed by atoms with E-state index in [1.165, 1.54) is 6.07 Å². The first-order valence-electron chi connectivity index (χ1n) is 14.2. The Morgan fingerprint density at radius 3 is 2.41 bits per heavy atom. The van der Waals surface area contributed by atoms with E-state index >= 15 is 0 Å². The molecule has 0 bridgehead atoms. The normalized spacial score (nSPS) is 21.5. The van der Waals surface area contributed by atoms with Crippen molar-refractivity contribution in [3.8, 4) is 11.1 Å². The van der Waals surface area contributed by atoms with Crippen LogP contribution < -0.4 is 10.5 Å². The monoisotopic (exact) mass is 560 g/mol. The van der Waals surface area contributed by atoms with Gasteiger partial charge in [0.1, 0.15) is 5.82 Å². The minimum Gasteiger partial charge on any atom is -0.381 e. The fourth-order valence-electron chi connectivity index (χ4n) is 6.56. The number of pyridine rings is 1. The lowest BCUT2D eigenvalue weighted by Crippen LogP contribution is -2.40. The van der Waals surface area contributed by atoms with E-state index in [1.54, 1.807) is 30.5 Å². The number of halogens is 2. The largest absolute Gasteiger partial charge is 0.381 e. The molecule has 1 amide bonds. The zero-order valence-electron chi connectivity index (χ0n) is 23.6. The number of anilines is 1. The molecule has 0 N–H and O–H groups in total. The molecule has 214 valence electrons. The highest BCUT2D eigenvalue weighted by molar-refractivity contribution is 5.95. The van der Waals surface area contributed by atoms with Crippen molar-refractivity contribution in [1.82, 2.24) is 14.1 Å². The van der Waals surface area contributed by atoms with Gasteiger partial charge in [-0.3, -0.25) is 9.59 Å². The van der Waals surface area contributed by atoms with Gasteiger partial charge in [-0.05, 0) is 86.9 Å². The number of benzene rings is 2. The molecule has 0 unspecified atom stereocenters. The van der Waals surface area contributed by atoms with Crippen molar-refractivity contribution in [2.24, 2.45) is 7.05 Å². The van der Waals surface area contributed by atoms with Crippen molar-refractivity contribution in [3.63, 3.8) is 0 Å². The average molecular weight is 561 g/mol. The number of aryl methyl sites for hydroxylation is 2. The molecule has 0 radical (unpaired) electrons. The summed E-state index contributed by atoms with van der Waals surface area (Å²) < 4.78 is 37.6. The Balaban J connectivity index is 1.50. The SMILES string of the molecule is CO[C@H]1CC[C@H](n2c([C@@H]3CCCC(=O)N3c3ccc(F)c(F)c3)nc3cc(-c4cc(C)c(=O)n(C)c4)ccc32)CC1. The second kappa shape index (κ2) is 10.9. The molecule has 2 fully saturated rings. The van der Waals surface area contributed by atoms with Gasteiger partial charge in [-0.25, -0.2) is 13.8 Å². The number of hydrogen-bond acceptors (Lipinski definition) is 4. The van der Waals surface area contributed by atoms with E-state index in [0.717, 1.165) is 65.8 Å². The van der Waals surface area contributed by atoms with E-state index in [4.69, 9.17) is 9.72 Å². The Morgan fingerprint density at radius 2 is 1.71 bits per heavy atom. The molecule has 4 aromatic rings. The third kappa shape index (κ3) is 4.96. The van der Waals surface area contributed by atoms with Gasteiger partial charge in [0.25, 0.3) is 5.56 Å². The van der Waals surface area contributed by atoms with Gasteiger partial charge in [-0.1, -0.05) is 6.07 Å². The van der Waals surface area contributed by atoms with Crippen LogP contribution >= 0.6 is 0 Å². The first-order chi connectivity index (χ1) is 19.7. The summed E-state index contributed by atoms with van der Waals surface area (Å²) in [5, 5.41) is 0. The molecule has 2 aliphatic rings. The third-order valence-corrected chi connectivity index (χ3v) is 8.68. The van der Waals surface area contributed by atoms with Crippen LogP contribution in [-0.4, -0.2) is 33.2 Å². The Kier molecular flexibility index (Phi) is 7.23. The standard InChI is InChI=1S/C32H34F2N4O3/c1-19-15-21(18-36(2)32(19)40)20-7-14-28-27(16-20)35-31(38(28)22-8-11-24(41-3)12-9-22)29-5-4-6-30(39)37(29)23-10-13-25(33)26(34)17-23/h7,10,13-18,22,24,29H,4-6,8-9,11-12H2,1-3H3/t22-,24-,29-/m0/s1. The number of carbonyl (C=O) groups is 1. The molecule has 7 nitrogen and oxygen atoms in total.